The lowest BCUT2D eigenvalue weighted by molar-refractivity contribution is -0.117. The molecule has 6 rings (SSSR count). The quantitative estimate of drug-likeness (QED) is 0.0871. The fourth-order valence-corrected chi connectivity index (χ4v) is 6.41. The highest BCUT2D eigenvalue weighted by atomic mass is 16.5. The fourth-order valence-electron chi connectivity index (χ4n) is 6.41. The molecule has 1 atom stereocenters. The van der Waals surface area contributed by atoms with Crippen molar-refractivity contribution in [1.29, 1.82) is 0 Å². The van der Waals surface area contributed by atoms with Gasteiger partial charge in [-0.2, -0.15) is 0 Å². The van der Waals surface area contributed by atoms with E-state index in [0.29, 0.717) is 49.0 Å². The number of phenols is 2. The molecule has 0 aliphatic heterocycles. The van der Waals surface area contributed by atoms with Crippen molar-refractivity contribution in [2.24, 2.45) is 5.84 Å². The van der Waals surface area contributed by atoms with Gasteiger partial charge in [0.2, 0.25) is 0 Å². The number of benzene rings is 5. The van der Waals surface area contributed by atoms with Gasteiger partial charge in [-0.05, 0) is 19.2 Å². The smallest absolute Gasteiger partial charge is 0.194 e. The molecule has 5 N–H and O–H groups in total. The Labute approximate surface area is 220 Å². The molecule has 198 valence electrons. The first-order chi connectivity index (χ1) is 18.6. The number of anilines is 1. The molecule has 0 spiro atoms. The van der Waals surface area contributed by atoms with E-state index in [4.69, 9.17) is 20.1 Å². The maximum Gasteiger partial charge on any atom is 0.194 e. The zero-order chi connectivity index (χ0) is 28.1. The molecule has 1 aliphatic rings. The van der Waals surface area contributed by atoms with E-state index >= 15 is 0 Å². The number of nitrogens with one attached hydrogen (secondary N) is 1. The molecule has 0 bridgehead atoms. The van der Waals surface area contributed by atoms with Crippen LogP contribution < -0.4 is 36.3 Å². The third-order valence-corrected chi connectivity index (χ3v) is 7.80. The number of hydrazine groups is 1. The molecule has 10 nitrogen and oxygen atoms in total. The average Bonchev–Trinajstić information content (AvgIpc) is 3.02. The van der Waals surface area contributed by atoms with E-state index in [9.17, 15) is 24.6 Å². The van der Waals surface area contributed by atoms with Gasteiger partial charge in [0.05, 0.1) is 43.7 Å². The van der Waals surface area contributed by atoms with E-state index in [1.54, 1.807) is 13.0 Å². The predicted octanol–water partition coefficient (Wildman–Crippen LogP) is 3.71. The number of Topliss-reactive ketones (excluding diaryl/α,β-unsaturated/α-hetero) is 1. The molecule has 1 aliphatic carbocycles. The normalized spacial score (nSPS) is 14.8. The van der Waals surface area contributed by atoms with Gasteiger partial charge in [0.25, 0.3) is 0 Å². The molecular weight excluding hydrogens is 504 g/mol. The van der Waals surface area contributed by atoms with Crippen LogP contribution in [0.15, 0.2) is 27.3 Å². The van der Waals surface area contributed by atoms with Gasteiger partial charge in [0.15, 0.2) is 28.1 Å². The summed E-state index contributed by atoms with van der Waals surface area (Å²) in [5.41, 5.74) is 2.81. The number of carbonyl (C=O) groups is 1. The number of hydrogen-bond donors (Lipinski definition) is 4. The zero-order valence-corrected chi connectivity index (χ0v) is 21.7. The molecule has 0 heterocycles. The van der Waals surface area contributed by atoms with Crippen LogP contribution in [0.2, 0.25) is 0 Å². The maximum atomic E-state index is 13.5. The molecule has 39 heavy (non-hydrogen) atoms. The Bertz CT molecular complexity index is 2070. The lowest BCUT2D eigenvalue weighted by Crippen LogP contribution is -2.14. The topological polar surface area (TPSA) is 157 Å². The second-order valence-corrected chi connectivity index (χ2v) is 9.66. The number of carbonyl (C=O) groups excluding carboxylic acids is 1. The fraction of sp³-hybridized carbons (Fsp3) is 0.207. The van der Waals surface area contributed by atoms with Crippen LogP contribution in [-0.2, 0) is 4.79 Å². The van der Waals surface area contributed by atoms with E-state index in [2.05, 4.69) is 5.43 Å². The van der Waals surface area contributed by atoms with Gasteiger partial charge in [-0.3, -0.25) is 20.2 Å². The molecule has 10 heteroatoms. The number of nitrogens with two attached hydrogens (primary N) is 1. The Morgan fingerprint density at radius 2 is 1.36 bits per heavy atom. The Morgan fingerprint density at radius 3 is 1.85 bits per heavy atom. The molecule has 0 radical (unpaired) electrons. The SMILES string of the molecule is COc1c(O)c2c(=O)cc(OC)c3c4c(OC)cc(=O)c5c(O)c(NN)c6c(c(c1C(C(C)=O)C(C)=C6)c23)c54. The largest absolute Gasteiger partial charge is 0.505 e. The van der Waals surface area contributed by atoms with Crippen molar-refractivity contribution in [1.82, 2.24) is 0 Å². The van der Waals surface area contributed by atoms with Crippen LogP contribution in [0.1, 0.15) is 30.9 Å². The maximum absolute atomic E-state index is 13.5. The lowest BCUT2D eigenvalue weighted by atomic mass is 9.80. The third kappa shape index (κ3) is 2.81. The Hall–Kier alpha value is -4.83. The standard InChI is InChI=1S/C29H24N2O8/c1-9-6-11-17-22-18(27(35)26(11)31-30)12(33)7-14(37-3)20(22)21-15(38-4)8-13(34)19-24(21)23(17)25(16(9)10(2)32)29(39-5)28(19)36/h6-8,16,31,35-36H,30H2,1-5H3. The summed E-state index contributed by atoms with van der Waals surface area (Å²) in [6.45, 7) is 3.16. The van der Waals surface area contributed by atoms with Crippen LogP contribution >= 0.6 is 0 Å². The monoisotopic (exact) mass is 528 g/mol. The summed E-state index contributed by atoms with van der Waals surface area (Å²) in [6, 6.07) is 2.48. The highest BCUT2D eigenvalue weighted by molar-refractivity contribution is 6.40. The summed E-state index contributed by atoms with van der Waals surface area (Å²) in [5, 5.41) is 25.0. The van der Waals surface area contributed by atoms with Gasteiger partial charge in [-0.15, -0.1) is 0 Å². The van der Waals surface area contributed by atoms with Crippen LogP contribution in [0.5, 0.6) is 28.7 Å². The van der Waals surface area contributed by atoms with Gasteiger partial charge < -0.3 is 29.8 Å². The van der Waals surface area contributed by atoms with E-state index in [1.807, 2.05) is 0 Å². The molecular formula is C29H24N2O8. The number of fused-ring (bicyclic) bond motifs is 1. The number of methoxy groups -OCH3 is 3. The summed E-state index contributed by atoms with van der Waals surface area (Å²) in [4.78, 5) is 40.1. The summed E-state index contributed by atoms with van der Waals surface area (Å²) in [7, 11) is 4.14. The summed E-state index contributed by atoms with van der Waals surface area (Å²) >= 11 is 0. The van der Waals surface area contributed by atoms with Gasteiger partial charge in [-0.25, -0.2) is 0 Å². The number of nitrogen functional groups attached to an aromatic ring is 1. The number of hydrogen-bond acceptors (Lipinski definition) is 10. The Balaban J connectivity index is 2.21. The molecule has 0 fully saturated rings. The number of ether oxygens (including phenoxy) is 3. The second-order valence-electron chi connectivity index (χ2n) is 9.66. The minimum Gasteiger partial charge on any atom is -0.505 e. The third-order valence-electron chi connectivity index (χ3n) is 7.80. The van der Waals surface area contributed by atoms with Crippen molar-refractivity contribution < 1.29 is 29.2 Å². The number of aromatic hydroxyl groups is 2. The minimum atomic E-state index is -0.895. The number of ketones is 1. The lowest BCUT2D eigenvalue weighted by Gasteiger charge is -2.25. The minimum absolute atomic E-state index is 0.0325. The van der Waals surface area contributed by atoms with E-state index in [0.717, 1.165) is 0 Å². The number of phenolic OH excluding ortho intramolecular Hbond substituents is 2. The Kier molecular flexibility index (Phi) is 5.08. The van der Waals surface area contributed by atoms with Crippen molar-refractivity contribution >= 4 is 60.6 Å². The molecule has 0 amide bonds. The second kappa shape index (κ2) is 8.08. The van der Waals surface area contributed by atoms with Crippen LogP contribution in [0.4, 0.5) is 5.69 Å². The van der Waals surface area contributed by atoms with Crippen molar-refractivity contribution in [2.45, 2.75) is 19.8 Å². The van der Waals surface area contributed by atoms with Gasteiger partial charge >= 0.3 is 0 Å². The van der Waals surface area contributed by atoms with Crippen molar-refractivity contribution in [2.75, 3.05) is 26.8 Å². The first-order valence-corrected chi connectivity index (χ1v) is 12.0. The summed E-state index contributed by atoms with van der Waals surface area (Å²) < 4.78 is 17.0. The Morgan fingerprint density at radius 1 is 0.821 bits per heavy atom. The van der Waals surface area contributed by atoms with Crippen LogP contribution in [-0.4, -0.2) is 37.3 Å². The highest BCUT2D eigenvalue weighted by Gasteiger charge is 2.37. The molecule has 5 aromatic rings. The molecule has 0 aromatic heterocycles. The van der Waals surface area contributed by atoms with Crippen molar-refractivity contribution in [3.05, 3.63) is 49.3 Å². The van der Waals surface area contributed by atoms with E-state index in [-0.39, 0.29) is 45.2 Å². The van der Waals surface area contributed by atoms with Gasteiger partial charge in [-0.1, -0.05) is 11.6 Å². The first kappa shape index (κ1) is 24.5. The molecule has 1 unspecified atom stereocenters. The summed E-state index contributed by atoms with van der Waals surface area (Å²) in [5.74, 6) is 4.25. The molecule has 5 aromatic carbocycles. The average molecular weight is 529 g/mol. The first-order valence-electron chi connectivity index (χ1n) is 12.0. The molecule has 0 saturated heterocycles. The van der Waals surface area contributed by atoms with Crippen molar-refractivity contribution in [3.8, 4) is 28.7 Å². The van der Waals surface area contributed by atoms with Gasteiger partial charge in [0.1, 0.15) is 17.3 Å². The van der Waals surface area contributed by atoms with Crippen LogP contribution in [0, 0.1) is 0 Å². The van der Waals surface area contributed by atoms with E-state index in [1.165, 1.54) is 40.4 Å². The summed E-state index contributed by atoms with van der Waals surface area (Å²) in [6.07, 6.45) is 1.70. The number of rotatable bonds is 5. The predicted molar refractivity (Wildman–Crippen MR) is 149 cm³/mol. The zero-order valence-electron chi connectivity index (χ0n) is 21.7. The van der Waals surface area contributed by atoms with Crippen LogP contribution in [0.3, 0.4) is 0 Å². The molecule has 0 saturated carbocycles. The number of allylic oxidation sites excluding steroid dienone is 1. The van der Waals surface area contributed by atoms with Crippen molar-refractivity contribution in [3.63, 3.8) is 0 Å². The van der Waals surface area contributed by atoms with Gasteiger partial charge in [0, 0.05) is 50.2 Å². The highest BCUT2D eigenvalue weighted by Crippen LogP contribution is 2.58. The van der Waals surface area contributed by atoms with E-state index < -0.39 is 22.5 Å². The van der Waals surface area contributed by atoms with Crippen LogP contribution in [0.25, 0.3) is 49.2 Å².